The maximum Gasteiger partial charge on any atom is 0.137 e. The summed E-state index contributed by atoms with van der Waals surface area (Å²) in [6.07, 6.45) is 3.38. The largest absolute Gasteiger partial charge is 0.490 e. The van der Waals surface area contributed by atoms with Crippen LogP contribution < -0.4 is 10.5 Å². The van der Waals surface area contributed by atoms with Gasteiger partial charge in [0, 0.05) is 10.7 Å². The number of nitrogens with two attached hydrogens (primary N) is 1. The molecule has 17 heavy (non-hydrogen) atoms. The number of nitrogens with zero attached hydrogens (tertiary/aromatic N) is 1. The van der Waals surface area contributed by atoms with Crippen molar-refractivity contribution in [3.8, 4) is 5.75 Å². The minimum absolute atomic E-state index is 0.136. The smallest absolute Gasteiger partial charge is 0.137 e. The van der Waals surface area contributed by atoms with Crippen molar-refractivity contribution in [1.29, 1.82) is 0 Å². The summed E-state index contributed by atoms with van der Waals surface area (Å²) in [5, 5.41) is 0. The third-order valence-electron chi connectivity index (χ3n) is 2.36. The van der Waals surface area contributed by atoms with Gasteiger partial charge < -0.3 is 10.5 Å². The Bertz CT molecular complexity index is 459. The normalized spacial score (nSPS) is 12.1. The van der Waals surface area contributed by atoms with E-state index in [1.54, 1.807) is 12.4 Å². The molecule has 0 fully saturated rings. The number of aromatic nitrogens is 1. The lowest BCUT2D eigenvalue weighted by Gasteiger charge is -2.13. The Labute approximate surface area is 109 Å². The van der Waals surface area contributed by atoms with Crippen LogP contribution in [0, 0.1) is 0 Å². The van der Waals surface area contributed by atoms with Crippen LogP contribution in [0.5, 0.6) is 5.75 Å². The Morgan fingerprint density at radius 1 is 1.24 bits per heavy atom. The van der Waals surface area contributed by atoms with Crippen LogP contribution in [0.4, 0.5) is 0 Å². The van der Waals surface area contributed by atoms with Crippen LogP contribution >= 0.6 is 15.9 Å². The van der Waals surface area contributed by atoms with Crippen LogP contribution in [0.15, 0.2) is 53.3 Å². The molecular formula is C13H13BrN2O. The summed E-state index contributed by atoms with van der Waals surface area (Å²) in [4.78, 5) is 3.97. The van der Waals surface area contributed by atoms with E-state index in [2.05, 4.69) is 20.9 Å². The molecule has 4 heteroatoms. The van der Waals surface area contributed by atoms with Crippen molar-refractivity contribution in [1.82, 2.24) is 4.98 Å². The van der Waals surface area contributed by atoms with Gasteiger partial charge in [-0.3, -0.25) is 4.98 Å². The summed E-state index contributed by atoms with van der Waals surface area (Å²) in [5.41, 5.74) is 7.09. The van der Waals surface area contributed by atoms with Gasteiger partial charge in [-0.05, 0) is 29.8 Å². The fourth-order valence-electron chi connectivity index (χ4n) is 1.42. The van der Waals surface area contributed by atoms with E-state index in [4.69, 9.17) is 10.5 Å². The molecule has 0 aliphatic carbocycles. The number of halogens is 1. The van der Waals surface area contributed by atoms with Crippen molar-refractivity contribution in [2.24, 2.45) is 5.73 Å². The number of hydrogen-bond donors (Lipinski definition) is 1. The van der Waals surface area contributed by atoms with Gasteiger partial charge in [-0.2, -0.15) is 0 Å². The molecule has 1 atom stereocenters. The van der Waals surface area contributed by atoms with Crippen molar-refractivity contribution in [3.63, 3.8) is 0 Å². The third-order valence-corrected chi connectivity index (χ3v) is 2.89. The highest BCUT2D eigenvalue weighted by Crippen LogP contribution is 2.16. The van der Waals surface area contributed by atoms with E-state index in [1.807, 2.05) is 36.4 Å². The highest BCUT2D eigenvalue weighted by Gasteiger charge is 2.06. The molecule has 0 bridgehead atoms. The molecule has 0 aliphatic heterocycles. The zero-order valence-electron chi connectivity index (χ0n) is 9.21. The Balaban J connectivity index is 1.93. The van der Waals surface area contributed by atoms with E-state index in [0.29, 0.717) is 6.61 Å². The van der Waals surface area contributed by atoms with Gasteiger partial charge in [-0.15, -0.1) is 0 Å². The molecule has 0 amide bonds. The molecule has 88 valence electrons. The molecule has 1 aromatic carbocycles. The first kappa shape index (κ1) is 12.1. The summed E-state index contributed by atoms with van der Waals surface area (Å²) in [7, 11) is 0. The van der Waals surface area contributed by atoms with E-state index < -0.39 is 0 Å². The highest BCUT2D eigenvalue weighted by atomic mass is 79.9. The summed E-state index contributed by atoms with van der Waals surface area (Å²) in [6, 6.07) is 11.5. The molecule has 1 heterocycles. The number of ether oxygens (including phenoxy) is 1. The second-order valence-corrected chi connectivity index (χ2v) is 4.57. The average Bonchev–Trinajstić information content (AvgIpc) is 2.38. The van der Waals surface area contributed by atoms with E-state index in [0.717, 1.165) is 15.8 Å². The Hall–Kier alpha value is -1.39. The van der Waals surface area contributed by atoms with Gasteiger partial charge in [-0.1, -0.05) is 28.1 Å². The predicted octanol–water partition coefficient (Wildman–Crippen LogP) is 2.92. The standard InChI is InChI=1S/C13H13BrN2O/c14-11-5-3-10(4-6-11)13(15)9-17-12-2-1-7-16-8-12/h1-8,13H,9,15H2. The summed E-state index contributed by atoms with van der Waals surface area (Å²) >= 11 is 3.39. The molecule has 2 aromatic rings. The molecular weight excluding hydrogens is 280 g/mol. The zero-order valence-corrected chi connectivity index (χ0v) is 10.8. The lowest BCUT2D eigenvalue weighted by molar-refractivity contribution is 0.289. The minimum atomic E-state index is -0.136. The molecule has 0 saturated carbocycles. The number of pyridine rings is 1. The van der Waals surface area contributed by atoms with E-state index in [1.165, 1.54) is 0 Å². The van der Waals surface area contributed by atoms with Gasteiger partial charge in [0.2, 0.25) is 0 Å². The molecule has 2 N–H and O–H groups in total. The maximum absolute atomic E-state index is 6.03. The van der Waals surface area contributed by atoms with Crippen molar-refractivity contribution in [2.75, 3.05) is 6.61 Å². The van der Waals surface area contributed by atoms with Crippen LogP contribution in [-0.2, 0) is 0 Å². The molecule has 2 rings (SSSR count). The van der Waals surface area contributed by atoms with E-state index in [-0.39, 0.29) is 6.04 Å². The Kier molecular flexibility index (Phi) is 4.12. The van der Waals surface area contributed by atoms with Crippen molar-refractivity contribution < 1.29 is 4.74 Å². The number of benzene rings is 1. The minimum Gasteiger partial charge on any atom is -0.490 e. The van der Waals surface area contributed by atoms with Crippen molar-refractivity contribution in [3.05, 3.63) is 58.8 Å². The first-order valence-electron chi connectivity index (χ1n) is 5.29. The van der Waals surface area contributed by atoms with Crippen LogP contribution in [0.3, 0.4) is 0 Å². The summed E-state index contributed by atoms with van der Waals surface area (Å²) in [5.74, 6) is 0.736. The second-order valence-electron chi connectivity index (χ2n) is 3.66. The summed E-state index contributed by atoms with van der Waals surface area (Å²) < 4.78 is 6.60. The molecule has 1 aromatic heterocycles. The molecule has 3 nitrogen and oxygen atoms in total. The summed E-state index contributed by atoms with van der Waals surface area (Å²) in [6.45, 7) is 0.438. The van der Waals surface area contributed by atoms with Gasteiger partial charge >= 0.3 is 0 Å². The van der Waals surface area contributed by atoms with Crippen LogP contribution in [0.2, 0.25) is 0 Å². The molecule has 0 aliphatic rings. The maximum atomic E-state index is 6.03. The lowest BCUT2D eigenvalue weighted by Crippen LogP contribution is -2.18. The van der Waals surface area contributed by atoms with Gasteiger partial charge in [0.15, 0.2) is 0 Å². The number of hydrogen-bond acceptors (Lipinski definition) is 3. The quantitative estimate of drug-likeness (QED) is 0.943. The monoisotopic (exact) mass is 292 g/mol. The van der Waals surface area contributed by atoms with Crippen LogP contribution in [-0.4, -0.2) is 11.6 Å². The SMILES string of the molecule is NC(COc1cccnc1)c1ccc(Br)cc1. The van der Waals surface area contributed by atoms with E-state index >= 15 is 0 Å². The van der Waals surface area contributed by atoms with Crippen molar-refractivity contribution in [2.45, 2.75) is 6.04 Å². The van der Waals surface area contributed by atoms with Gasteiger partial charge in [0.25, 0.3) is 0 Å². The highest BCUT2D eigenvalue weighted by molar-refractivity contribution is 9.10. The molecule has 0 spiro atoms. The molecule has 0 radical (unpaired) electrons. The fourth-order valence-corrected chi connectivity index (χ4v) is 1.69. The third kappa shape index (κ3) is 3.54. The van der Waals surface area contributed by atoms with E-state index in [9.17, 15) is 0 Å². The number of rotatable bonds is 4. The van der Waals surface area contributed by atoms with Gasteiger partial charge in [0.1, 0.15) is 12.4 Å². The predicted molar refractivity (Wildman–Crippen MR) is 70.8 cm³/mol. The van der Waals surface area contributed by atoms with Gasteiger partial charge in [-0.25, -0.2) is 0 Å². The zero-order chi connectivity index (χ0) is 12.1. The average molecular weight is 293 g/mol. The van der Waals surface area contributed by atoms with Crippen LogP contribution in [0.1, 0.15) is 11.6 Å². The second kappa shape index (κ2) is 5.80. The first-order chi connectivity index (χ1) is 8.25. The van der Waals surface area contributed by atoms with Crippen molar-refractivity contribution >= 4 is 15.9 Å². The van der Waals surface area contributed by atoms with Crippen LogP contribution in [0.25, 0.3) is 0 Å². The Morgan fingerprint density at radius 2 is 2.00 bits per heavy atom. The molecule has 1 unspecified atom stereocenters. The lowest BCUT2D eigenvalue weighted by atomic mass is 10.1. The topological polar surface area (TPSA) is 48.1 Å². The van der Waals surface area contributed by atoms with Gasteiger partial charge in [0.05, 0.1) is 12.2 Å². The first-order valence-corrected chi connectivity index (χ1v) is 6.09. The fraction of sp³-hybridized carbons (Fsp3) is 0.154. The molecule has 0 saturated heterocycles. The Morgan fingerprint density at radius 3 is 2.65 bits per heavy atom.